The predicted molar refractivity (Wildman–Crippen MR) is 76.6 cm³/mol. The van der Waals surface area contributed by atoms with Gasteiger partial charge in [0.15, 0.2) is 0 Å². The van der Waals surface area contributed by atoms with Crippen LogP contribution in [0.1, 0.15) is 30.1 Å². The SMILES string of the molecule is CC(Nc1cc(C(=O)O)c(F)cc1F)C1CCCN(C)C1. The molecule has 21 heavy (non-hydrogen) atoms. The molecule has 1 fully saturated rings. The number of hydrogen-bond donors (Lipinski definition) is 2. The number of anilines is 1. The average Bonchev–Trinajstić information content (AvgIpc) is 2.41. The van der Waals surface area contributed by atoms with Crippen LogP contribution in [0.5, 0.6) is 0 Å². The molecule has 1 aliphatic rings. The second-order valence-electron chi connectivity index (χ2n) is 5.71. The summed E-state index contributed by atoms with van der Waals surface area (Å²) in [4.78, 5) is 13.1. The van der Waals surface area contributed by atoms with E-state index < -0.39 is 23.2 Å². The van der Waals surface area contributed by atoms with Crippen molar-refractivity contribution in [2.24, 2.45) is 5.92 Å². The number of carboxylic acid groups (broad SMARTS) is 1. The van der Waals surface area contributed by atoms with Gasteiger partial charge in [-0.05, 0) is 45.3 Å². The van der Waals surface area contributed by atoms with Gasteiger partial charge in [0.1, 0.15) is 11.6 Å². The summed E-state index contributed by atoms with van der Waals surface area (Å²) in [5, 5.41) is 11.9. The van der Waals surface area contributed by atoms with Gasteiger partial charge in [0, 0.05) is 18.7 Å². The third-order valence-electron chi connectivity index (χ3n) is 4.04. The number of halogens is 2. The number of piperidine rings is 1. The molecule has 116 valence electrons. The fourth-order valence-corrected chi connectivity index (χ4v) is 2.80. The quantitative estimate of drug-likeness (QED) is 0.897. The maximum absolute atomic E-state index is 13.8. The molecule has 2 N–H and O–H groups in total. The Balaban J connectivity index is 2.15. The number of likely N-dealkylation sites (tertiary alicyclic amines) is 1. The van der Waals surface area contributed by atoms with Gasteiger partial charge in [0.05, 0.1) is 11.3 Å². The molecule has 6 heteroatoms. The van der Waals surface area contributed by atoms with E-state index in [1.807, 2.05) is 14.0 Å². The van der Waals surface area contributed by atoms with Crippen molar-refractivity contribution in [3.63, 3.8) is 0 Å². The largest absolute Gasteiger partial charge is 0.478 e. The van der Waals surface area contributed by atoms with Crippen LogP contribution in [0, 0.1) is 17.6 Å². The molecule has 1 aromatic carbocycles. The normalized spacial score (nSPS) is 21.0. The van der Waals surface area contributed by atoms with E-state index in [9.17, 15) is 13.6 Å². The minimum atomic E-state index is -1.40. The minimum Gasteiger partial charge on any atom is -0.478 e. The number of hydrogen-bond acceptors (Lipinski definition) is 3. The van der Waals surface area contributed by atoms with Crippen molar-refractivity contribution in [3.05, 3.63) is 29.3 Å². The number of rotatable bonds is 4. The Morgan fingerprint density at radius 2 is 2.14 bits per heavy atom. The van der Waals surface area contributed by atoms with Crippen LogP contribution >= 0.6 is 0 Å². The first-order valence-electron chi connectivity index (χ1n) is 7.06. The molecule has 2 unspecified atom stereocenters. The highest BCUT2D eigenvalue weighted by Crippen LogP contribution is 2.25. The number of nitrogens with zero attached hydrogens (tertiary/aromatic N) is 1. The zero-order chi connectivity index (χ0) is 15.6. The molecular formula is C15H20F2N2O2. The van der Waals surface area contributed by atoms with Crippen LogP contribution in [0.25, 0.3) is 0 Å². The number of nitrogens with one attached hydrogen (secondary N) is 1. The zero-order valence-corrected chi connectivity index (χ0v) is 12.2. The first-order valence-corrected chi connectivity index (χ1v) is 7.06. The molecule has 1 heterocycles. The molecule has 1 saturated heterocycles. The van der Waals surface area contributed by atoms with Crippen molar-refractivity contribution >= 4 is 11.7 Å². The van der Waals surface area contributed by atoms with E-state index >= 15 is 0 Å². The Kier molecular flexibility index (Phi) is 4.77. The summed E-state index contributed by atoms with van der Waals surface area (Å²) >= 11 is 0. The second-order valence-corrected chi connectivity index (χ2v) is 5.71. The summed E-state index contributed by atoms with van der Waals surface area (Å²) in [5.74, 6) is -2.88. The summed E-state index contributed by atoms with van der Waals surface area (Å²) in [6, 6.07) is 1.62. The third kappa shape index (κ3) is 3.69. The summed E-state index contributed by atoms with van der Waals surface area (Å²) in [6.07, 6.45) is 2.12. The van der Waals surface area contributed by atoms with Crippen LogP contribution in [0.2, 0.25) is 0 Å². The van der Waals surface area contributed by atoms with Gasteiger partial charge in [-0.25, -0.2) is 13.6 Å². The molecule has 4 nitrogen and oxygen atoms in total. The first kappa shape index (κ1) is 15.7. The lowest BCUT2D eigenvalue weighted by Crippen LogP contribution is -2.40. The van der Waals surface area contributed by atoms with Crippen LogP contribution in [-0.2, 0) is 0 Å². The molecule has 0 saturated carbocycles. The maximum Gasteiger partial charge on any atom is 0.338 e. The van der Waals surface area contributed by atoms with Crippen molar-refractivity contribution in [3.8, 4) is 0 Å². The molecule has 1 aliphatic heterocycles. The third-order valence-corrected chi connectivity index (χ3v) is 4.04. The average molecular weight is 298 g/mol. The Morgan fingerprint density at radius 3 is 2.76 bits per heavy atom. The molecule has 0 aromatic heterocycles. The molecule has 2 atom stereocenters. The Morgan fingerprint density at radius 1 is 1.43 bits per heavy atom. The summed E-state index contributed by atoms with van der Waals surface area (Å²) in [6.45, 7) is 3.90. The fourth-order valence-electron chi connectivity index (χ4n) is 2.80. The Bertz CT molecular complexity index is 537. The lowest BCUT2D eigenvalue weighted by molar-refractivity contribution is 0.0692. The number of carbonyl (C=O) groups is 1. The molecule has 0 aliphatic carbocycles. The van der Waals surface area contributed by atoms with E-state index in [4.69, 9.17) is 5.11 Å². The van der Waals surface area contributed by atoms with E-state index in [1.165, 1.54) is 0 Å². The van der Waals surface area contributed by atoms with Crippen LogP contribution in [0.3, 0.4) is 0 Å². The van der Waals surface area contributed by atoms with Gasteiger partial charge in [-0.15, -0.1) is 0 Å². The minimum absolute atomic E-state index is 0.0191. The van der Waals surface area contributed by atoms with Crippen LogP contribution in [-0.4, -0.2) is 42.2 Å². The van der Waals surface area contributed by atoms with E-state index in [2.05, 4.69) is 10.2 Å². The van der Waals surface area contributed by atoms with E-state index in [0.717, 1.165) is 32.0 Å². The smallest absolute Gasteiger partial charge is 0.338 e. The molecule has 0 amide bonds. The zero-order valence-electron chi connectivity index (χ0n) is 12.2. The van der Waals surface area contributed by atoms with Gasteiger partial charge in [-0.2, -0.15) is 0 Å². The summed E-state index contributed by atoms with van der Waals surface area (Å²) in [5.41, 5.74) is -0.485. The number of aromatic carboxylic acids is 1. The molecule has 0 radical (unpaired) electrons. The van der Waals surface area contributed by atoms with Gasteiger partial charge >= 0.3 is 5.97 Å². The molecule has 1 aromatic rings. The first-order chi connectivity index (χ1) is 9.88. The lowest BCUT2D eigenvalue weighted by atomic mass is 9.91. The highest BCUT2D eigenvalue weighted by molar-refractivity contribution is 5.89. The highest BCUT2D eigenvalue weighted by Gasteiger charge is 2.24. The van der Waals surface area contributed by atoms with E-state index in [-0.39, 0.29) is 11.7 Å². The number of carboxylic acids is 1. The van der Waals surface area contributed by atoms with E-state index in [1.54, 1.807) is 0 Å². The molecule has 0 spiro atoms. The monoisotopic (exact) mass is 298 g/mol. The second kappa shape index (κ2) is 6.39. The summed E-state index contributed by atoms with van der Waals surface area (Å²) in [7, 11) is 2.04. The van der Waals surface area contributed by atoms with Gasteiger partial charge in [0.25, 0.3) is 0 Å². The van der Waals surface area contributed by atoms with Crippen molar-refractivity contribution in [1.82, 2.24) is 4.90 Å². The van der Waals surface area contributed by atoms with E-state index in [0.29, 0.717) is 12.0 Å². The van der Waals surface area contributed by atoms with Crippen molar-refractivity contribution in [1.29, 1.82) is 0 Å². The predicted octanol–water partition coefficient (Wildman–Crippen LogP) is 2.81. The van der Waals surface area contributed by atoms with Crippen molar-refractivity contribution in [2.45, 2.75) is 25.8 Å². The highest BCUT2D eigenvalue weighted by atomic mass is 19.1. The lowest BCUT2D eigenvalue weighted by Gasteiger charge is -2.34. The molecular weight excluding hydrogens is 278 g/mol. The van der Waals surface area contributed by atoms with Crippen LogP contribution < -0.4 is 5.32 Å². The van der Waals surface area contributed by atoms with Gasteiger partial charge in [0.2, 0.25) is 0 Å². The molecule has 0 bridgehead atoms. The van der Waals surface area contributed by atoms with Gasteiger partial charge in [-0.1, -0.05) is 0 Å². The Hall–Kier alpha value is -1.69. The van der Waals surface area contributed by atoms with Gasteiger partial charge < -0.3 is 15.3 Å². The number of benzene rings is 1. The Labute approximate surface area is 122 Å². The molecule has 2 rings (SSSR count). The fraction of sp³-hybridized carbons (Fsp3) is 0.533. The maximum atomic E-state index is 13.8. The van der Waals surface area contributed by atoms with Crippen molar-refractivity contribution < 1.29 is 18.7 Å². The van der Waals surface area contributed by atoms with Crippen molar-refractivity contribution in [2.75, 3.05) is 25.5 Å². The standard InChI is InChI=1S/C15H20F2N2O2/c1-9(10-4-3-5-19(2)8-10)18-14-6-11(15(20)21)12(16)7-13(14)17/h6-7,9-10,18H,3-5,8H2,1-2H3,(H,20,21). The van der Waals surface area contributed by atoms with Crippen LogP contribution in [0.4, 0.5) is 14.5 Å². The van der Waals surface area contributed by atoms with Crippen LogP contribution in [0.15, 0.2) is 12.1 Å². The summed E-state index contributed by atoms with van der Waals surface area (Å²) < 4.78 is 27.2. The topological polar surface area (TPSA) is 52.6 Å². The van der Waals surface area contributed by atoms with Gasteiger partial charge in [-0.3, -0.25) is 0 Å².